The van der Waals surface area contributed by atoms with Crippen molar-refractivity contribution < 1.29 is 5.11 Å². The number of aliphatic hydroxyl groups excluding tert-OH is 1. The van der Waals surface area contributed by atoms with Gasteiger partial charge >= 0.3 is 0 Å². The highest BCUT2D eigenvalue weighted by Crippen LogP contribution is 2.17. The molecule has 0 aromatic rings. The number of likely N-dealkylation sites (N-methyl/N-ethyl adjacent to an activating group) is 1. The Morgan fingerprint density at radius 3 is 2.60 bits per heavy atom. The molecule has 88 valence electrons. The van der Waals surface area contributed by atoms with Crippen molar-refractivity contribution in [1.82, 2.24) is 10.2 Å². The summed E-state index contributed by atoms with van der Waals surface area (Å²) in [5, 5.41) is 13.1. The van der Waals surface area contributed by atoms with Crippen LogP contribution in [0.25, 0.3) is 0 Å². The normalized spacial score (nSPS) is 17.5. The number of aliphatic hydroxyl groups is 1. The summed E-state index contributed by atoms with van der Waals surface area (Å²) in [7, 11) is 0. The van der Waals surface area contributed by atoms with Crippen molar-refractivity contribution in [3.8, 4) is 0 Å². The molecule has 0 heterocycles. The predicted molar refractivity (Wildman–Crippen MR) is 66.9 cm³/mol. The van der Waals surface area contributed by atoms with Gasteiger partial charge in [0.2, 0.25) is 0 Å². The number of nitrogens with zero attached hydrogens (tertiary/aromatic N) is 1. The van der Waals surface area contributed by atoms with E-state index in [1.54, 1.807) is 0 Å². The molecule has 0 spiro atoms. The van der Waals surface area contributed by atoms with Crippen molar-refractivity contribution in [3.05, 3.63) is 0 Å². The van der Waals surface area contributed by atoms with Crippen LogP contribution in [-0.4, -0.2) is 40.9 Å². The molecule has 0 aromatic heterocycles. The van der Waals surface area contributed by atoms with Crippen LogP contribution in [0.3, 0.4) is 0 Å². The van der Waals surface area contributed by atoms with E-state index in [2.05, 4.69) is 12.2 Å². The van der Waals surface area contributed by atoms with E-state index in [1.165, 1.54) is 32.1 Å². The van der Waals surface area contributed by atoms with Crippen LogP contribution in [0.4, 0.5) is 0 Å². The topological polar surface area (TPSA) is 35.5 Å². The third kappa shape index (κ3) is 4.34. The fraction of sp³-hybridized carbons (Fsp3) is 0.909. The van der Waals surface area contributed by atoms with Gasteiger partial charge in [0.1, 0.15) is 0 Å². The molecule has 15 heavy (non-hydrogen) atoms. The van der Waals surface area contributed by atoms with Crippen molar-refractivity contribution in [2.75, 3.05) is 19.7 Å². The van der Waals surface area contributed by atoms with Crippen molar-refractivity contribution >= 4 is 17.3 Å². The number of nitrogens with one attached hydrogen (secondary N) is 1. The predicted octanol–water partition coefficient (Wildman–Crippen LogP) is 1.51. The Morgan fingerprint density at radius 2 is 2.07 bits per heavy atom. The number of hydrogen-bond acceptors (Lipinski definition) is 2. The van der Waals surface area contributed by atoms with E-state index in [9.17, 15) is 0 Å². The van der Waals surface area contributed by atoms with E-state index in [0.29, 0.717) is 12.6 Å². The zero-order valence-electron chi connectivity index (χ0n) is 9.54. The molecule has 1 aliphatic carbocycles. The average molecular weight is 230 g/mol. The summed E-state index contributed by atoms with van der Waals surface area (Å²) in [6.45, 7) is 3.72. The second kappa shape index (κ2) is 7.01. The second-order valence-corrected chi connectivity index (χ2v) is 4.47. The van der Waals surface area contributed by atoms with Crippen LogP contribution in [0, 0.1) is 0 Å². The molecule has 0 saturated heterocycles. The minimum absolute atomic E-state index is 0.167. The molecule has 1 aliphatic rings. The average Bonchev–Trinajstić information content (AvgIpc) is 2.27. The molecule has 0 unspecified atom stereocenters. The zero-order valence-corrected chi connectivity index (χ0v) is 10.4. The van der Waals surface area contributed by atoms with Gasteiger partial charge in [0.25, 0.3) is 0 Å². The minimum Gasteiger partial charge on any atom is -0.395 e. The Bertz CT molecular complexity index is 193. The molecule has 2 N–H and O–H groups in total. The third-order valence-corrected chi connectivity index (χ3v) is 3.35. The molecule has 1 saturated carbocycles. The van der Waals surface area contributed by atoms with Crippen LogP contribution in [-0.2, 0) is 0 Å². The van der Waals surface area contributed by atoms with E-state index in [0.717, 1.165) is 11.7 Å². The van der Waals surface area contributed by atoms with E-state index in [4.69, 9.17) is 17.3 Å². The molecular weight excluding hydrogens is 208 g/mol. The van der Waals surface area contributed by atoms with Gasteiger partial charge in [-0.3, -0.25) is 0 Å². The summed E-state index contributed by atoms with van der Waals surface area (Å²) in [5.41, 5.74) is 0. The van der Waals surface area contributed by atoms with Crippen molar-refractivity contribution in [3.63, 3.8) is 0 Å². The summed E-state index contributed by atoms with van der Waals surface area (Å²) in [5.74, 6) is 0. The summed E-state index contributed by atoms with van der Waals surface area (Å²) in [6, 6.07) is 0.555. The molecule has 0 atom stereocenters. The zero-order chi connectivity index (χ0) is 11.1. The standard InChI is InChI=1S/C11H22N2OS/c1-2-13(8-9-14)11(15)12-10-6-4-3-5-7-10/h10,14H,2-9H2,1H3,(H,12,15). The highest BCUT2D eigenvalue weighted by molar-refractivity contribution is 7.80. The van der Waals surface area contributed by atoms with Crippen molar-refractivity contribution in [1.29, 1.82) is 0 Å². The first-order valence-corrected chi connectivity index (χ1v) is 6.35. The SMILES string of the molecule is CCN(CCO)C(=S)NC1CCCCC1. The number of hydrogen-bond donors (Lipinski definition) is 2. The van der Waals surface area contributed by atoms with E-state index >= 15 is 0 Å². The van der Waals surface area contributed by atoms with Gasteiger partial charge in [-0.05, 0) is 32.0 Å². The lowest BCUT2D eigenvalue weighted by atomic mass is 9.96. The van der Waals surface area contributed by atoms with Crippen LogP contribution in [0.5, 0.6) is 0 Å². The van der Waals surface area contributed by atoms with Gasteiger partial charge in [-0.15, -0.1) is 0 Å². The molecule has 0 aromatic carbocycles. The number of thiocarbonyl (C=S) groups is 1. The van der Waals surface area contributed by atoms with E-state index < -0.39 is 0 Å². The Morgan fingerprint density at radius 1 is 1.40 bits per heavy atom. The molecule has 0 aliphatic heterocycles. The molecule has 0 bridgehead atoms. The Kier molecular flexibility index (Phi) is 5.95. The van der Waals surface area contributed by atoms with Gasteiger partial charge in [0.15, 0.2) is 5.11 Å². The maximum Gasteiger partial charge on any atom is 0.169 e. The lowest BCUT2D eigenvalue weighted by molar-refractivity contribution is 0.250. The van der Waals surface area contributed by atoms with Gasteiger partial charge in [-0.2, -0.15) is 0 Å². The van der Waals surface area contributed by atoms with Gasteiger partial charge in [-0.25, -0.2) is 0 Å². The monoisotopic (exact) mass is 230 g/mol. The molecule has 0 amide bonds. The lowest BCUT2D eigenvalue weighted by Gasteiger charge is -2.29. The van der Waals surface area contributed by atoms with Crippen molar-refractivity contribution in [2.45, 2.75) is 45.1 Å². The molecule has 1 rings (SSSR count). The molecule has 4 heteroatoms. The van der Waals surface area contributed by atoms with Crippen LogP contribution in [0.2, 0.25) is 0 Å². The first-order chi connectivity index (χ1) is 7.27. The highest BCUT2D eigenvalue weighted by atomic mass is 32.1. The summed E-state index contributed by atoms with van der Waals surface area (Å²) >= 11 is 5.32. The molecule has 3 nitrogen and oxygen atoms in total. The lowest BCUT2D eigenvalue weighted by Crippen LogP contribution is -2.46. The Labute approximate surface area is 97.8 Å². The second-order valence-electron chi connectivity index (χ2n) is 4.09. The van der Waals surface area contributed by atoms with Crippen LogP contribution >= 0.6 is 12.2 Å². The third-order valence-electron chi connectivity index (χ3n) is 2.97. The van der Waals surface area contributed by atoms with E-state index in [1.807, 2.05) is 4.90 Å². The molecular formula is C11H22N2OS. The van der Waals surface area contributed by atoms with Gasteiger partial charge in [0, 0.05) is 19.1 Å². The van der Waals surface area contributed by atoms with Crippen LogP contribution in [0.15, 0.2) is 0 Å². The smallest absolute Gasteiger partial charge is 0.169 e. The first kappa shape index (κ1) is 12.7. The quantitative estimate of drug-likeness (QED) is 0.718. The van der Waals surface area contributed by atoms with Crippen molar-refractivity contribution in [2.24, 2.45) is 0 Å². The summed E-state index contributed by atoms with van der Waals surface area (Å²) in [6.07, 6.45) is 6.45. The molecule has 1 fully saturated rings. The fourth-order valence-electron chi connectivity index (χ4n) is 2.04. The minimum atomic E-state index is 0.167. The first-order valence-electron chi connectivity index (χ1n) is 5.94. The van der Waals surface area contributed by atoms with Crippen LogP contribution < -0.4 is 5.32 Å². The van der Waals surface area contributed by atoms with Crippen LogP contribution in [0.1, 0.15) is 39.0 Å². The molecule has 0 radical (unpaired) electrons. The Hall–Kier alpha value is -0.350. The van der Waals surface area contributed by atoms with Gasteiger partial charge in [-0.1, -0.05) is 19.3 Å². The summed E-state index contributed by atoms with van der Waals surface area (Å²) < 4.78 is 0. The highest BCUT2D eigenvalue weighted by Gasteiger charge is 2.16. The number of rotatable bonds is 4. The van der Waals surface area contributed by atoms with Gasteiger partial charge in [0.05, 0.1) is 6.61 Å². The van der Waals surface area contributed by atoms with Gasteiger partial charge < -0.3 is 15.3 Å². The fourth-order valence-corrected chi connectivity index (χ4v) is 2.42. The summed E-state index contributed by atoms with van der Waals surface area (Å²) in [4.78, 5) is 2.02. The Balaban J connectivity index is 2.31. The maximum atomic E-state index is 8.89. The maximum absolute atomic E-state index is 8.89. The van der Waals surface area contributed by atoms with E-state index in [-0.39, 0.29) is 6.61 Å². The largest absolute Gasteiger partial charge is 0.395 e.